The predicted octanol–water partition coefficient (Wildman–Crippen LogP) is 6.96. The molecular formula is C47H34N4O21S6. The van der Waals surface area contributed by atoms with E-state index in [1.807, 2.05) is 0 Å². The summed E-state index contributed by atoms with van der Waals surface area (Å²) in [5, 5.41) is 7.05. The molecule has 0 unspecified atom stereocenters. The van der Waals surface area contributed by atoms with Crippen LogP contribution in [0.3, 0.4) is 0 Å². The Balaban J connectivity index is 1.06. The summed E-state index contributed by atoms with van der Waals surface area (Å²) in [6, 6.07) is 27.9. The molecule has 0 aliphatic rings. The second-order valence-corrected chi connectivity index (χ2v) is 24.9. The third-order valence-corrected chi connectivity index (χ3v) is 16.7. The fourth-order valence-electron chi connectivity index (χ4n) is 8.16. The molecule has 0 fully saturated rings. The van der Waals surface area contributed by atoms with Crippen molar-refractivity contribution < 1.29 is 92.2 Å². The summed E-state index contributed by atoms with van der Waals surface area (Å²) >= 11 is 0. The summed E-state index contributed by atoms with van der Waals surface area (Å²) in [5.41, 5.74) is 0.465. The minimum absolute atomic E-state index is 0.118. The molecule has 0 saturated heterocycles. The number of fused-ring (bicyclic) bond motifs is 2. The van der Waals surface area contributed by atoms with Gasteiger partial charge in [-0.25, -0.2) is 4.79 Å². The van der Waals surface area contributed by atoms with E-state index in [1.54, 1.807) is 48.5 Å². The van der Waals surface area contributed by atoms with Crippen LogP contribution in [-0.2, 0) is 60.7 Å². The largest absolute Gasteiger partial charge is 0.323 e. The van der Waals surface area contributed by atoms with E-state index in [1.165, 1.54) is 48.5 Å². The molecule has 25 nitrogen and oxygen atoms in total. The predicted molar refractivity (Wildman–Crippen MR) is 279 cm³/mol. The van der Waals surface area contributed by atoms with Crippen molar-refractivity contribution in [1.82, 2.24) is 0 Å². The molecule has 404 valence electrons. The van der Waals surface area contributed by atoms with Crippen LogP contribution in [0.5, 0.6) is 0 Å². The Kier molecular flexibility index (Phi) is 14.7. The van der Waals surface area contributed by atoms with Crippen molar-refractivity contribution in [2.24, 2.45) is 0 Å². The van der Waals surface area contributed by atoms with Gasteiger partial charge < -0.3 is 21.3 Å². The summed E-state index contributed by atoms with van der Waals surface area (Å²) in [7, 11) is -31.8. The van der Waals surface area contributed by atoms with Gasteiger partial charge in [0.1, 0.15) is 19.6 Å². The fraction of sp³-hybridized carbons (Fsp3) is 0. The maximum Gasteiger partial charge on any atom is 0.323 e. The van der Waals surface area contributed by atoms with Crippen molar-refractivity contribution in [2.45, 2.75) is 29.4 Å². The summed E-state index contributed by atoms with van der Waals surface area (Å²) in [6.07, 6.45) is 0. The Morgan fingerprint density at radius 3 is 1.00 bits per heavy atom. The number of anilines is 4. The molecule has 0 aliphatic carbocycles. The normalized spacial score (nSPS) is 12.5. The highest BCUT2D eigenvalue weighted by Gasteiger charge is 2.30. The van der Waals surface area contributed by atoms with Crippen molar-refractivity contribution in [3.63, 3.8) is 0 Å². The van der Waals surface area contributed by atoms with Gasteiger partial charge in [0.05, 0.1) is 32.5 Å². The summed E-state index contributed by atoms with van der Waals surface area (Å²) in [5.74, 6) is -1.93. The number of carbonyl (C=O) groups excluding carboxylic acids is 3. The van der Waals surface area contributed by atoms with E-state index in [-0.39, 0.29) is 22.5 Å². The standard InChI is InChI=1S/C47H34N4O21S6/c52-45(48-37-15-17-39(75(61,62)63)33-21-29(73(55,56)57)23-41(43(33)37)77(67,68)69)27-9-5-7-25(19-27)31-11-1-3-13-35(31)50-47(54)51-36-14-4-2-12-32(36)26-8-6-10-28(20-26)46(53)49-38-16-18-40(76(64,65)66)34-22-30(74(58,59)60)24-42(44(34)38)78(70,71)72/h1-24H,(H,48,52)(H,49,53)(H2,50,51,54)(H,55,56,57)(H,58,59,60)(H,61,62,63)(H,64,65,66)(H,67,68,69)(H,70,71,72). The molecule has 8 aromatic carbocycles. The summed E-state index contributed by atoms with van der Waals surface area (Å²) in [6.45, 7) is 0. The molecule has 0 heterocycles. The van der Waals surface area contributed by atoms with Gasteiger partial charge in [0, 0.05) is 43.8 Å². The molecule has 31 heteroatoms. The monoisotopic (exact) mass is 1180 g/mol. The number of urea groups is 1. The van der Waals surface area contributed by atoms with Gasteiger partial charge in [-0.3, -0.25) is 36.9 Å². The smallest absolute Gasteiger partial charge is 0.321 e. The Bertz CT molecular complexity index is 4340. The first-order chi connectivity index (χ1) is 36.2. The van der Waals surface area contributed by atoms with E-state index in [0.717, 1.165) is 12.1 Å². The van der Waals surface area contributed by atoms with E-state index in [0.29, 0.717) is 58.7 Å². The number of carbonyl (C=O) groups is 3. The van der Waals surface area contributed by atoms with Gasteiger partial charge in [0.15, 0.2) is 0 Å². The molecule has 0 saturated carbocycles. The van der Waals surface area contributed by atoms with E-state index in [4.69, 9.17) is 0 Å². The van der Waals surface area contributed by atoms with Crippen LogP contribution in [0.1, 0.15) is 20.7 Å². The Hall–Kier alpha value is -8.05. The molecule has 0 radical (unpaired) electrons. The van der Waals surface area contributed by atoms with Gasteiger partial charge in [-0.1, -0.05) is 60.7 Å². The lowest BCUT2D eigenvalue weighted by molar-refractivity contribution is 0.101. The molecule has 0 bridgehead atoms. The highest BCUT2D eigenvalue weighted by atomic mass is 32.2. The van der Waals surface area contributed by atoms with Crippen molar-refractivity contribution in [3.8, 4) is 22.3 Å². The number of hydrogen-bond donors (Lipinski definition) is 10. The summed E-state index contributed by atoms with van der Waals surface area (Å²) < 4.78 is 207. The van der Waals surface area contributed by atoms with Crippen molar-refractivity contribution in [2.75, 3.05) is 21.3 Å². The maximum atomic E-state index is 13.8. The zero-order chi connectivity index (χ0) is 57.1. The van der Waals surface area contributed by atoms with Crippen molar-refractivity contribution in [3.05, 3.63) is 157 Å². The molecule has 0 atom stereocenters. The number of para-hydroxylation sites is 2. The highest BCUT2D eigenvalue weighted by Crippen LogP contribution is 2.40. The van der Waals surface area contributed by atoms with Gasteiger partial charge in [0.25, 0.3) is 72.5 Å². The Morgan fingerprint density at radius 2 is 0.667 bits per heavy atom. The van der Waals surface area contributed by atoms with Gasteiger partial charge in [-0.05, 0) is 96.1 Å². The molecule has 10 N–H and O–H groups in total. The number of hydrogen-bond acceptors (Lipinski definition) is 15. The second-order valence-electron chi connectivity index (χ2n) is 16.5. The van der Waals surface area contributed by atoms with Crippen molar-refractivity contribution >= 4 is 123 Å². The van der Waals surface area contributed by atoms with Gasteiger partial charge in [-0.15, -0.1) is 0 Å². The first-order valence-electron chi connectivity index (χ1n) is 21.4. The lowest BCUT2D eigenvalue weighted by Gasteiger charge is -2.16. The highest BCUT2D eigenvalue weighted by molar-refractivity contribution is 7.88. The first kappa shape index (κ1) is 56.2. The van der Waals surface area contributed by atoms with Crippen LogP contribution in [0.4, 0.5) is 27.5 Å². The Labute approximate surface area is 442 Å². The van der Waals surface area contributed by atoms with E-state index < -0.39 is 141 Å². The zero-order valence-corrected chi connectivity index (χ0v) is 43.5. The summed E-state index contributed by atoms with van der Waals surface area (Å²) in [4.78, 5) is 34.5. The topological polar surface area (TPSA) is 426 Å². The molecule has 0 aromatic heterocycles. The van der Waals surface area contributed by atoms with Crippen LogP contribution in [0.2, 0.25) is 0 Å². The number of nitrogens with one attached hydrogen (secondary N) is 4. The van der Waals surface area contributed by atoms with E-state index in [2.05, 4.69) is 21.3 Å². The number of benzene rings is 8. The maximum absolute atomic E-state index is 13.8. The van der Waals surface area contributed by atoms with Crippen LogP contribution in [0.25, 0.3) is 43.8 Å². The Morgan fingerprint density at radius 1 is 0.321 bits per heavy atom. The van der Waals surface area contributed by atoms with E-state index >= 15 is 0 Å². The first-order valence-corrected chi connectivity index (χ1v) is 30.0. The molecular weight excluding hydrogens is 1150 g/mol. The van der Waals surface area contributed by atoms with Crippen LogP contribution in [0.15, 0.2) is 175 Å². The molecule has 8 aromatic rings. The SMILES string of the molecule is O=C(Nc1ccccc1-c1cccc(C(=O)Nc2ccc(S(=O)(=O)O)c3cc(S(=O)(=O)O)cc(S(=O)(=O)O)c23)c1)Nc1ccccc1-c1cccc(C(=O)Nc2ccc(S(=O)(=O)O)c3cc(S(=O)(=O)O)cc(S(=O)(=O)O)c23)c1. The minimum atomic E-state index is -5.44. The minimum Gasteiger partial charge on any atom is -0.321 e. The second kappa shape index (κ2) is 20.4. The lowest BCUT2D eigenvalue weighted by Crippen LogP contribution is -2.20. The number of rotatable bonds is 14. The molecule has 4 amide bonds. The van der Waals surface area contributed by atoms with Crippen LogP contribution < -0.4 is 21.3 Å². The fourth-order valence-corrected chi connectivity index (χ4v) is 12.2. The molecule has 0 spiro atoms. The lowest BCUT2D eigenvalue weighted by atomic mass is 10.0. The van der Waals surface area contributed by atoms with Gasteiger partial charge in [-0.2, -0.15) is 50.5 Å². The van der Waals surface area contributed by atoms with Crippen LogP contribution in [0, 0.1) is 0 Å². The average molecular weight is 1180 g/mol. The quantitative estimate of drug-likeness (QED) is 0.0492. The third-order valence-electron chi connectivity index (χ3n) is 11.4. The molecule has 78 heavy (non-hydrogen) atoms. The zero-order valence-electron chi connectivity index (χ0n) is 38.6. The van der Waals surface area contributed by atoms with E-state index in [9.17, 15) is 92.2 Å². The molecule has 8 rings (SSSR count). The van der Waals surface area contributed by atoms with Gasteiger partial charge >= 0.3 is 6.03 Å². The average Bonchev–Trinajstić information content (AvgIpc) is 3.44. The molecule has 0 aliphatic heterocycles. The van der Waals surface area contributed by atoms with Crippen LogP contribution in [-0.4, -0.2) is 95.7 Å². The number of amides is 4. The van der Waals surface area contributed by atoms with Gasteiger partial charge in [0.2, 0.25) is 0 Å². The van der Waals surface area contributed by atoms with Crippen molar-refractivity contribution in [1.29, 1.82) is 0 Å². The van der Waals surface area contributed by atoms with Crippen LogP contribution >= 0.6 is 0 Å². The third kappa shape index (κ3) is 11.9.